The van der Waals surface area contributed by atoms with Gasteiger partial charge in [-0.1, -0.05) is 6.42 Å². The molecule has 2 bridgehead atoms. The summed E-state index contributed by atoms with van der Waals surface area (Å²) < 4.78 is 12.8. The fourth-order valence-corrected chi connectivity index (χ4v) is 3.72. The summed E-state index contributed by atoms with van der Waals surface area (Å²) in [4.78, 5) is 23.7. The molecule has 2 saturated carbocycles. The van der Waals surface area contributed by atoms with Crippen LogP contribution in [0, 0.1) is 23.6 Å². The monoisotopic (exact) mass is 290 g/mol. The van der Waals surface area contributed by atoms with E-state index in [9.17, 15) is 14.0 Å². The number of hydrogen-bond acceptors (Lipinski definition) is 2. The normalized spacial score (nSPS) is 26.6. The van der Waals surface area contributed by atoms with Gasteiger partial charge in [0.05, 0.1) is 0 Å². The zero-order chi connectivity index (χ0) is 14.8. The van der Waals surface area contributed by atoms with E-state index in [0.29, 0.717) is 23.8 Å². The number of nitrogens with one attached hydrogen (secondary N) is 2. The molecule has 0 aliphatic heterocycles. The van der Waals surface area contributed by atoms with Crippen molar-refractivity contribution in [1.82, 2.24) is 10.9 Å². The van der Waals surface area contributed by atoms with Crippen LogP contribution in [0.5, 0.6) is 0 Å². The molecule has 2 amide bonds. The Labute approximate surface area is 123 Å². The Balaban J connectivity index is 1.45. The quantitative estimate of drug-likeness (QED) is 0.840. The van der Waals surface area contributed by atoms with E-state index in [1.165, 1.54) is 43.5 Å². The summed E-state index contributed by atoms with van der Waals surface area (Å²) in [5, 5.41) is 0. The second-order valence-electron chi connectivity index (χ2n) is 6.15. The van der Waals surface area contributed by atoms with Crippen LogP contribution < -0.4 is 10.9 Å². The van der Waals surface area contributed by atoms with Gasteiger partial charge in [-0.3, -0.25) is 20.4 Å². The summed E-state index contributed by atoms with van der Waals surface area (Å²) in [7, 11) is 0. The Kier molecular flexibility index (Phi) is 3.90. The molecule has 1 aromatic rings. The highest BCUT2D eigenvalue weighted by atomic mass is 19.1. The summed E-state index contributed by atoms with van der Waals surface area (Å²) in [6.45, 7) is 0. The standard InChI is InChI=1S/C16H19FN2O2/c17-14-5-3-11(4-6-14)16(21)19-18-15(20)9-13-8-10-1-2-12(13)7-10/h3-6,10,12-13H,1-2,7-9H2,(H,18,20)(H,19,21). The van der Waals surface area contributed by atoms with Gasteiger partial charge in [0.25, 0.3) is 5.91 Å². The first-order chi connectivity index (χ1) is 10.1. The summed E-state index contributed by atoms with van der Waals surface area (Å²) in [6, 6.07) is 5.19. The topological polar surface area (TPSA) is 58.2 Å². The molecule has 112 valence electrons. The zero-order valence-corrected chi connectivity index (χ0v) is 11.8. The van der Waals surface area contributed by atoms with Crippen LogP contribution in [0.2, 0.25) is 0 Å². The highest BCUT2D eigenvalue weighted by Gasteiger charge is 2.40. The molecular weight excluding hydrogens is 271 g/mol. The Morgan fingerprint density at radius 2 is 1.86 bits per heavy atom. The number of fused-ring (bicyclic) bond motifs is 2. The third-order valence-electron chi connectivity index (χ3n) is 4.75. The van der Waals surface area contributed by atoms with E-state index in [1.54, 1.807) is 0 Å². The minimum atomic E-state index is -0.434. The van der Waals surface area contributed by atoms with Crippen molar-refractivity contribution in [2.24, 2.45) is 17.8 Å². The molecule has 1 aromatic carbocycles. The number of carbonyl (C=O) groups excluding carboxylic acids is 2. The Hall–Kier alpha value is -1.91. The molecular formula is C16H19FN2O2. The van der Waals surface area contributed by atoms with Crippen molar-refractivity contribution in [2.45, 2.75) is 32.1 Å². The first kappa shape index (κ1) is 14.0. The first-order valence-corrected chi connectivity index (χ1v) is 7.46. The molecule has 3 rings (SSSR count). The van der Waals surface area contributed by atoms with Crippen molar-refractivity contribution < 1.29 is 14.0 Å². The molecule has 0 saturated heterocycles. The first-order valence-electron chi connectivity index (χ1n) is 7.46. The fourth-order valence-electron chi connectivity index (χ4n) is 3.72. The minimum absolute atomic E-state index is 0.150. The maximum absolute atomic E-state index is 12.8. The van der Waals surface area contributed by atoms with Gasteiger partial charge in [-0.2, -0.15) is 0 Å². The Morgan fingerprint density at radius 1 is 1.10 bits per heavy atom. The SMILES string of the molecule is O=C(CC1CC2CCC1C2)NNC(=O)c1ccc(F)cc1. The average molecular weight is 290 g/mol. The highest BCUT2D eigenvalue weighted by Crippen LogP contribution is 2.49. The smallest absolute Gasteiger partial charge is 0.269 e. The lowest BCUT2D eigenvalue weighted by atomic mass is 9.86. The number of benzene rings is 1. The van der Waals surface area contributed by atoms with Crippen LogP contribution in [0.15, 0.2) is 24.3 Å². The molecule has 2 N–H and O–H groups in total. The second kappa shape index (κ2) is 5.84. The molecule has 3 atom stereocenters. The third-order valence-corrected chi connectivity index (χ3v) is 4.75. The van der Waals surface area contributed by atoms with E-state index in [4.69, 9.17) is 0 Å². The van der Waals surface area contributed by atoms with Crippen LogP contribution in [-0.2, 0) is 4.79 Å². The van der Waals surface area contributed by atoms with Gasteiger partial charge >= 0.3 is 0 Å². The maximum Gasteiger partial charge on any atom is 0.269 e. The lowest BCUT2D eigenvalue weighted by molar-refractivity contribution is -0.123. The summed E-state index contributed by atoms with van der Waals surface area (Å²) in [6.07, 6.45) is 5.43. The van der Waals surface area contributed by atoms with Crippen molar-refractivity contribution in [2.75, 3.05) is 0 Å². The molecule has 0 radical (unpaired) electrons. The number of hydrazine groups is 1. The molecule has 0 heterocycles. The minimum Gasteiger partial charge on any atom is -0.273 e. The van der Waals surface area contributed by atoms with Crippen molar-refractivity contribution in [3.05, 3.63) is 35.6 Å². The average Bonchev–Trinajstić information content (AvgIpc) is 3.08. The van der Waals surface area contributed by atoms with Gasteiger partial charge in [-0.15, -0.1) is 0 Å². The molecule has 4 nitrogen and oxygen atoms in total. The molecule has 5 heteroatoms. The van der Waals surface area contributed by atoms with E-state index in [-0.39, 0.29) is 5.91 Å². The Bertz CT molecular complexity index is 544. The van der Waals surface area contributed by atoms with Crippen LogP contribution >= 0.6 is 0 Å². The van der Waals surface area contributed by atoms with Gasteiger partial charge in [0.15, 0.2) is 0 Å². The predicted molar refractivity (Wildman–Crippen MR) is 75.6 cm³/mol. The van der Waals surface area contributed by atoms with Crippen molar-refractivity contribution in [1.29, 1.82) is 0 Å². The van der Waals surface area contributed by atoms with E-state index < -0.39 is 11.7 Å². The van der Waals surface area contributed by atoms with Gasteiger partial charge in [0.2, 0.25) is 5.91 Å². The maximum atomic E-state index is 12.8. The number of carbonyl (C=O) groups is 2. The van der Waals surface area contributed by atoms with Crippen LogP contribution in [-0.4, -0.2) is 11.8 Å². The van der Waals surface area contributed by atoms with Crippen molar-refractivity contribution in [3.63, 3.8) is 0 Å². The molecule has 2 aliphatic carbocycles. The molecule has 2 aliphatic rings. The summed E-state index contributed by atoms with van der Waals surface area (Å²) in [5.74, 6) is 0.979. The third kappa shape index (κ3) is 3.23. The fraction of sp³-hybridized carbons (Fsp3) is 0.500. The second-order valence-corrected chi connectivity index (χ2v) is 6.15. The Morgan fingerprint density at radius 3 is 2.48 bits per heavy atom. The predicted octanol–water partition coefficient (Wildman–Crippen LogP) is 2.41. The molecule has 0 spiro atoms. The van der Waals surface area contributed by atoms with Gasteiger partial charge < -0.3 is 0 Å². The number of rotatable bonds is 3. The van der Waals surface area contributed by atoms with Crippen LogP contribution in [0.4, 0.5) is 4.39 Å². The van der Waals surface area contributed by atoms with Crippen molar-refractivity contribution in [3.8, 4) is 0 Å². The van der Waals surface area contributed by atoms with E-state index in [1.807, 2.05) is 0 Å². The van der Waals surface area contributed by atoms with Gasteiger partial charge in [0.1, 0.15) is 5.82 Å². The largest absolute Gasteiger partial charge is 0.273 e. The van der Waals surface area contributed by atoms with Crippen LogP contribution in [0.3, 0.4) is 0 Å². The van der Waals surface area contributed by atoms with Crippen LogP contribution in [0.1, 0.15) is 42.5 Å². The van der Waals surface area contributed by atoms with E-state index in [0.717, 1.165) is 12.3 Å². The highest BCUT2D eigenvalue weighted by molar-refractivity contribution is 5.95. The van der Waals surface area contributed by atoms with E-state index >= 15 is 0 Å². The summed E-state index contributed by atoms with van der Waals surface area (Å²) in [5.41, 5.74) is 5.14. The molecule has 21 heavy (non-hydrogen) atoms. The number of hydrogen-bond donors (Lipinski definition) is 2. The van der Waals surface area contributed by atoms with Gasteiger partial charge in [0, 0.05) is 12.0 Å². The molecule has 0 aromatic heterocycles. The van der Waals surface area contributed by atoms with Crippen molar-refractivity contribution >= 4 is 11.8 Å². The number of amides is 2. The van der Waals surface area contributed by atoms with Gasteiger partial charge in [-0.25, -0.2) is 4.39 Å². The zero-order valence-electron chi connectivity index (χ0n) is 11.8. The van der Waals surface area contributed by atoms with Crippen LogP contribution in [0.25, 0.3) is 0 Å². The van der Waals surface area contributed by atoms with E-state index in [2.05, 4.69) is 10.9 Å². The lowest BCUT2D eigenvalue weighted by Crippen LogP contribution is -2.42. The molecule has 3 unspecified atom stereocenters. The molecule has 2 fully saturated rings. The lowest BCUT2D eigenvalue weighted by Gasteiger charge is -2.20. The number of halogens is 1. The van der Waals surface area contributed by atoms with Gasteiger partial charge in [-0.05, 0) is 61.3 Å². The summed E-state index contributed by atoms with van der Waals surface area (Å²) >= 11 is 0.